The van der Waals surface area contributed by atoms with Crippen LogP contribution in [0, 0.1) is 0 Å². The predicted octanol–water partition coefficient (Wildman–Crippen LogP) is 2.60. The minimum Gasteiger partial charge on any atom is -0.382 e. The van der Waals surface area contributed by atoms with Crippen molar-refractivity contribution in [3.63, 3.8) is 0 Å². The SMILES string of the molecule is CN(C)C/C=C/C(=O)Nc1ccc(-n2nc3c(c2-c2nc4ccccc4s2)C(N)=NNC3=C=O)cc1. The van der Waals surface area contributed by atoms with Gasteiger partial charge in [0.25, 0.3) is 0 Å². The summed E-state index contributed by atoms with van der Waals surface area (Å²) in [5.74, 6) is 1.82. The number of benzene rings is 2. The summed E-state index contributed by atoms with van der Waals surface area (Å²) < 4.78 is 2.68. The van der Waals surface area contributed by atoms with Crippen molar-refractivity contribution in [1.29, 1.82) is 0 Å². The summed E-state index contributed by atoms with van der Waals surface area (Å²) in [7, 11) is 3.86. The highest BCUT2D eigenvalue weighted by Crippen LogP contribution is 2.37. The van der Waals surface area contributed by atoms with Crippen LogP contribution >= 0.6 is 11.3 Å². The molecule has 11 heteroatoms. The molecule has 0 saturated heterocycles. The Balaban J connectivity index is 1.56. The monoisotopic (exact) mass is 498 g/mol. The number of hydrazone groups is 1. The number of amidine groups is 1. The van der Waals surface area contributed by atoms with E-state index in [1.165, 1.54) is 17.4 Å². The summed E-state index contributed by atoms with van der Waals surface area (Å²) in [6.07, 6.45) is 3.30. The van der Waals surface area contributed by atoms with Gasteiger partial charge in [-0.1, -0.05) is 18.2 Å². The Kier molecular flexibility index (Phi) is 6.17. The third-order valence-electron chi connectivity index (χ3n) is 5.38. The minimum atomic E-state index is -0.217. The number of hydrogen-bond donors (Lipinski definition) is 3. The van der Waals surface area contributed by atoms with Gasteiger partial charge in [-0.05, 0) is 50.5 Å². The van der Waals surface area contributed by atoms with Crippen LogP contribution in [0.15, 0.2) is 65.8 Å². The molecular weight excluding hydrogens is 476 g/mol. The Morgan fingerprint density at radius 1 is 1.22 bits per heavy atom. The largest absolute Gasteiger partial charge is 0.382 e. The summed E-state index contributed by atoms with van der Waals surface area (Å²) in [4.78, 5) is 30.5. The fourth-order valence-electron chi connectivity index (χ4n) is 3.73. The van der Waals surface area contributed by atoms with Crippen molar-refractivity contribution < 1.29 is 9.59 Å². The number of hydrogen-bond acceptors (Lipinski definition) is 9. The van der Waals surface area contributed by atoms with Crippen LogP contribution in [0.1, 0.15) is 11.3 Å². The lowest BCUT2D eigenvalue weighted by atomic mass is 10.1. The average Bonchev–Trinajstić information content (AvgIpc) is 3.47. The zero-order chi connectivity index (χ0) is 25.2. The van der Waals surface area contributed by atoms with Gasteiger partial charge in [0.05, 0.1) is 21.5 Å². The topological polar surface area (TPSA) is 131 Å². The van der Waals surface area contributed by atoms with E-state index in [0.717, 1.165) is 10.2 Å². The second kappa shape index (κ2) is 9.59. The van der Waals surface area contributed by atoms with Crippen LogP contribution in [0.25, 0.3) is 32.3 Å². The van der Waals surface area contributed by atoms with Gasteiger partial charge in [-0.2, -0.15) is 10.2 Å². The highest BCUT2D eigenvalue weighted by atomic mass is 32.1. The maximum atomic E-state index is 12.2. The number of nitrogens with one attached hydrogen (secondary N) is 2. The van der Waals surface area contributed by atoms with Gasteiger partial charge < -0.3 is 16.0 Å². The number of fused-ring (bicyclic) bond motifs is 2. The van der Waals surface area contributed by atoms with E-state index in [0.29, 0.717) is 39.9 Å². The number of nitrogens with two attached hydrogens (primary N) is 1. The maximum absolute atomic E-state index is 12.2. The van der Waals surface area contributed by atoms with Crippen molar-refractivity contribution in [1.82, 2.24) is 25.1 Å². The van der Waals surface area contributed by atoms with Gasteiger partial charge in [0.2, 0.25) is 5.91 Å². The van der Waals surface area contributed by atoms with Gasteiger partial charge in [0.1, 0.15) is 16.4 Å². The van der Waals surface area contributed by atoms with E-state index in [1.807, 2.05) is 61.3 Å². The fourth-order valence-corrected chi connectivity index (χ4v) is 4.73. The molecule has 0 fully saturated rings. The van der Waals surface area contributed by atoms with Gasteiger partial charge in [-0.3, -0.25) is 10.2 Å². The minimum absolute atomic E-state index is 0.0914. The highest BCUT2D eigenvalue weighted by Gasteiger charge is 2.30. The molecule has 4 aromatic rings. The van der Waals surface area contributed by atoms with Gasteiger partial charge in [0, 0.05) is 18.3 Å². The molecule has 1 aliphatic heterocycles. The van der Waals surface area contributed by atoms with Crippen LogP contribution in [-0.2, 0) is 9.59 Å². The van der Waals surface area contributed by atoms with Crippen molar-refractivity contribution in [2.24, 2.45) is 10.8 Å². The van der Waals surface area contributed by atoms with E-state index in [-0.39, 0.29) is 17.4 Å². The molecule has 4 N–H and O–H groups in total. The first-order valence-electron chi connectivity index (χ1n) is 11.0. The van der Waals surface area contributed by atoms with Gasteiger partial charge in [-0.15, -0.1) is 11.3 Å². The molecule has 0 spiro atoms. The first kappa shape index (κ1) is 23.2. The standard InChI is InChI=1S/C25H22N8O2S/c1-32(2)13-5-8-20(35)27-15-9-11-16(12-10-15)33-23(25-28-17-6-3-4-7-19(17)36-25)21-22(31-33)18(14-34)29-30-24(21)26/h3-12,29H,13H2,1-2H3,(H2,26,30)(H,27,35)/b8-5+. The van der Waals surface area contributed by atoms with E-state index < -0.39 is 0 Å². The first-order valence-corrected chi connectivity index (χ1v) is 11.8. The second-order valence-corrected chi connectivity index (χ2v) is 9.29. The van der Waals surface area contributed by atoms with Gasteiger partial charge in [0.15, 0.2) is 17.5 Å². The summed E-state index contributed by atoms with van der Waals surface area (Å²) >= 11 is 1.49. The van der Waals surface area contributed by atoms with Crippen molar-refractivity contribution in [2.75, 3.05) is 26.0 Å². The number of carbonyl (C=O) groups excluding carboxylic acids is 2. The van der Waals surface area contributed by atoms with Crippen molar-refractivity contribution in [2.45, 2.75) is 0 Å². The zero-order valence-electron chi connectivity index (χ0n) is 19.5. The quantitative estimate of drug-likeness (QED) is 0.275. The van der Waals surface area contributed by atoms with E-state index in [1.54, 1.807) is 22.9 Å². The molecule has 180 valence electrons. The number of thiazole rings is 1. The number of nitrogens with zero attached hydrogens (tertiary/aromatic N) is 5. The summed E-state index contributed by atoms with van der Waals surface area (Å²) in [6.45, 7) is 0.670. The second-order valence-electron chi connectivity index (χ2n) is 8.26. The molecule has 1 aliphatic rings. The molecule has 3 heterocycles. The lowest BCUT2D eigenvalue weighted by Gasteiger charge is -2.11. The maximum Gasteiger partial charge on any atom is 0.248 e. The Labute approximate surface area is 210 Å². The number of likely N-dealkylation sites (N-methyl/N-ethyl adjacent to an activating group) is 1. The van der Waals surface area contributed by atoms with Crippen LogP contribution in [0.2, 0.25) is 0 Å². The third-order valence-corrected chi connectivity index (χ3v) is 6.43. The van der Waals surface area contributed by atoms with E-state index in [9.17, 15) is 9.59 Å². The predicted molar refractivity (Wildman–Crippen MR) is 141 cm³/mol. The zero-order valence-corrected chi connectivity index (χ0v) is 20.3. The smallest absolute Gasteiger partial charge is 0.248 e. The van der Waals surface area contributed by atoms with Crippen LogP contribution < -0.4 is 16.5 Å². The molecule has 2 aromatic heterocycles. The average molecular weight is 499 g/mol. The van der Waals surface area contributed by atoms with Gasteiger partial charge >= 0.3 is 0 Å². The molecule has 5 rings (SSSR count). The lowest BCUT2D eigenvalue weighted by molar-refractivity contribution is -0.111. The number of rotatable bonds is 6. The van der Waals surface area contributed by atoms with Crippen molar-refractivity contribution >= 4 is 50.6 Å². The van der Waals surface area contributed by atoms with E-state index >= 15 is 0 Å². The molecule has 0 radical (unpaired) electrons. The molecule has 0 bridgehead atoms. The number of amides is 1. The molecule has 0 unspecified atom stereocenters. The summed E-state index contributed by atoms with van der Waals surface area (Å²) in [5.41, 5.74) is 12.6. The first-order chi connectivity index (χ1) is 17.4. The number of anilines is 1. The molecule has 1 amide bonds. The molecule has 0 atom stereocenters. The van der Waals surface area contributed by atoms with Crippen LogP contribution in [-0.4, -0.2) is 58.0 Å². The Bertz CT molecular complexity index is 1540. The van der Waals surface area contributed by atoms with Crippen molar-refractivity contribution in [3.8, 4) is 16.4 Å². The fraction of sp³-hybridized carbons (Fsp3) is 0.120. The number of carbonyl (C=O) groups is 1. The molecule has 10 nitrogen and oxygen atoms in total. The van der Waals surface area contributed by atoms with E-state index in [2.05, 4.69) is 20.9 Å². The van der Waals surface area contributed by atoms with E-state index in [4.69, 9.17) is 10.7 Å². The molecular formula is C25H22N8O2S. The van der Waals surface area contributed by atoms with Crippen LogP contribution in [0.5, 0.6) is 0 Å². The molecule has 2 aromatic carbocycles. The Hall–Kier alpha value is -4.57. The van der Waals surface area contributed by atoms with Gasteiger partial charge in [-0.25, -0.2) is 14.5 Å². The molecule has 0 saturated carbocycles. The van der Waals surface area contributed by atoms with Crippen LogP contribution in [0.4, 0.5) is 5.69 Å². The normalized spacial score (nSPS) is 13.0. The third kappa shape index (κ3) is 4.41. The summed E-state index contributed by atoms with van der Waals surface area (Å²) in [6, 6.07) is 15.0. The summed E-state index contributed by atoms with van der Waals surface area (Å²) in [5, 5.41) is 12.3. The Morgan fingerprint density at radius 3 is 2.72 bits per heavy atom. The van der Waals surface area contributed by atoms with Crippen molar-refractivity contribution in [3.05, 3.63) is 71.9 Å². The highest BCUT2D eigenvalue weighted by molar-refractivity contribution is 7.21. The molecule has 0 aliphatic carbocycles. The number of aromatic nitrogens is 3. The number of para-hydroxylation sites is 1. The Morgan fingerprint density at radius 2 is 2.00 bits per heavy atom. The van der Waals surface area contributed by atoms with Crippen LogP contribution in [0.3, 0.4) is 0 Å². The lowest BCUT2D eigenvalue weighted by Crippen LogP contribution is -2.25. The molecule has 36 heavy (non-hydrogen) atoms.